The molecule has 0 radical (unpaired) electrons. The number of nitrogens with zero attached hydrogens (tertiary/aromatic N) is 2. The van der Waals surface area contributed by atoms with Crippen molar-refractivity contribution in [2.45, 2.75) is 90.4 Å². The summed E-state index contributed by atoms with van der Waals surface area (Å²) >= 11 is 0. The van der Waals surface area contributed by atoms with Gasteiger partial charge in [0.05, 0.1) is 10.9 Å². The van der Waals surface area contributed by atoms with Crippen LogP contribution in [0.5, 0.6) is 0 Å². The van der Waals surface area contributed by atoms with Crippen LogP contribution in [0.4, 0.5) is 0 Å². The van der Waals surface area contributed by atoms with E-state index in [4.69, 9.17) is 0 Å². The fourth-order valence-corrected chi connectivity index (χ4v) is 4.33. The molecule has 1 saturated carbocycles. The van der Waals surface area contributed by atoms with Gasteiger partial charge in [-0.3, -0.25) is 23.5 Å². The lowest BCUT2D eigenvalue weighted by Crippen LogP contribution is -2.43. The van der Waals surface area contributed by atoms with E-state index in [9.17, 15) is 19.2 Å². The smallest absolute Gasteiger partial charge is 0.331 e. The zero-order valence-corrected chi connectivity index (χ0v) is 19.1. The molecule has 2 aromatic rings. The summed E-state index contributed by atoms with van der Waals surface area (Å²) < 4.78 is 2.54. The number of rotatable bonds is 9. The first-order valence-corrected chi connectivity index (χ1v) is 11.7. The van der Waals surface area contributed by atoms with Gasteiger partial charge in [0.2, 0.25) is 11.8 Å². The third-order valence-electron chi connectivity index (χ3n) is 5.89. The number of nitrogens with one attached hydrogen (secondary N) is 2. The Hall–Kier alpha value is -2.90. The van der Waals surface area contributed by atoms with Crippen LogP contribution in [-0.2, 0) is 22.7 Å². The molecule has 0 aliphatic heterocycles. The molecule has 1 aliphatic carbocycles. The van der Waals surface area contributed by atoms with Crippen LogP contribution in [0.1, 0.15) is 65.2 Å². The highest BCUT2D eigenvalue weighted by Crippen LogP contribution is 2.17. The Morgan fingerprint density at radius 2 is 1.72 bits per heavy atom. The van der Waals surface area contributed by atoms with Crippen molar-refractivity contribution >= 4 is 22.7 Å². The van der Waals surface area contributed by atoms with Crippen molar-refractivity contribution in [2.24, 2.45) is 0 Å². The van der Waals surface area contributed by atoms with Crippen molar-refractivity contribution in [2.75, 3.05) is 0 Å². The average molecular weight is 443 g/mol. The van der Waals surface area contributed by atoms with Crippen molar-refractivity contribution < 1.29 is 9.59 Å². The van der Waals surface area contributed by atoms with E-state index in [0.717, 1.165) is 25.7 Å². The van der Waals surface area contributed by atoms with Gasteiger partial charge in [0.1, 0.15) is 6.54 Å². The maximum absolute atomic E-state index is 13.1. The van der Waals surface area contributed by atoms with Crippen LogP contribution in [-0.4, -0.2) is 33.0 Å². The van der Waals surface area contributed by atoms with Gasteiger partial charge in [0.15, 0.2) is 0 Å². The van der Waals surface area contributed by atoms with E-state index in [1.165, 1.54) is 15.6 Å². The highest BCUT2D eigenvalue weighted by Gasteiger charge is 2.17. The molecular weight excluding hydrogens is 408 g/mol. The van der Waals surface area contributed by atoms with Gasteiger partial charge in [-0.25, -0.2) is 4.79 Å². The summed E-state index contributed by atoms with van der Waals surface area (Å²) in [7, 11) is 0. The van der Waals surface area contributed by atoms with E-state index in [2.05, 4.69) is 10.6 Å². The van der Waals surface area contributed by atoms with Gasteiger partial charge in [0.25, 0.3) is 5.56 Å². The number of carbonyl (C=O) groups is 2. The zero-order chi connectivity index (χ0) is 23.1. The highest BCUT2D eigenvalue weighted by molar-refractivity contribution is 5.81. The summed E-state index contributed by atoms with van der Waals surface area (Å²) in [6.45, 7) is 3.76. The molecule has 0 spiro atoms. The quantitative estimate of drug-likeness (QED) is 0.582. The van der Waals surface area contributed by atoms with E-state index < -0.39 is 5.69 Å². The standard InChI is InChI=1S/C24H34N4O4/c1-17(2)25-22(30)16-28-20-13-7-6-12-19(20)23(31)27(24(28)32)15-9-8-14-21(29)26-18-10-4-3-5-11-18/h6-7,12-13,17-18H,3-5,8-11,14-16H2,1-2H3,(H,25,30)(H,26,29). The Balaban J connectivity index is 1.69. The van der Waals surface area contributed by atoms with E-state index in [-0.39, 0.29) is 42.5 Å². The van der Waals surface area contributed by atoms with Crippen LogP contribution in [0.2, 0.25) is 0 Å². The summed E-state index contributed by atoms with van der Waals surface area (Å²) in [5, 5.41) is 6.28. The zero-order valence-electron chi connectivity index (χ0n) is 19.1. The molecule has 1 fully saturated rings. The van der Waals surface area contributed by atoms with Crippen LogP contribution in [0, 0.1) is 0 Å². The normalized spacial score (nSPS) is 14.6. The number of amides is 2. The lowest BCUT2D eigenvalue weighted by molar-refractivity contribution is -0.123. The molecule has 3 rings (SSSR count). The van der Waals surface area contributed by atoms with Gasteiger partial charge in [-0.1, -0.05) is 31.4 Å². The summed E-state index contributed by atoms with van der Waals surface area (Å²) in [4.78, 5) is 50.5. The molecule has 32 heavy (non-hydrogen) atoms. The number of carbonyl (C=O) groups excluding carboxylic acids is 2. The van der Waals surface area contributed by atoms with Crippen LogP contribution in [0.15, 0.2) is 33.9 Å². The van der Waals surface area contributed by atoms with E-state index in [1.54, 1.807) is 24.3 Å². The molecule has 1 heterocycles. The molecule has 174 valence electrons. The Morgan fingerprint density at radius 1 is 1.00 bits per heavy atom. The molecule has 0 atom stereocenters. The van der Waals surface area contributed by atoms with E-state index >= 15 is 0 Å². The van der Waals surface area contributed by atoms with Gasteiger partial charge >= 0.3 is 5.69 Å². The topological polar surface area (TPSA) is 102 Å². The fourth-order valence-electron chi connectivity index (χ4n) is 4.33. The Morgan fingerprint density at radius 3 is 2.44 bits per heavy atom. The maximum atomic E-state index is 13.1. The molecule has 2 amide bonds. The Bertz CT molecular complexity index is 1060. The van der Waals surface area contributed by atoms with Crippen LogP contribution < -0.4 is 21.9 Å². The van der Waals surface area contributed by atoms with E-state index in [0.29, 0.717) is 30.2 Å². The third-order valence-corrected chi connectivity index (χ3v) is 5.89. The second-order valence-electron chi connectivity index (χ2n) is 8.92. The molecule has 2 N–H and O–H groups in total. The summed E-state index contributed by atoms with van der Waals surface area (Å²) in [6, 6.07) is 7.07. The summed E-state index contributed by atoms with van der Waals surface area (Å²) in [5.74, 6) is -0.248. The molecule has 0 bridgehead atoms. The van der Waals surface area contributed by atoms with Crippen molar-refractivity contribution in [3.05, 3.63) is 45.1 Å². The first-order valence-electron chi connectivity index (χ1n) is 11.7. The summed E-state index contributed by atoms with van der Waals surface area (Å²) in [5.41, 5.74) is -0.415. The second kappa shape index (κ2) is 11.1. The minimum absolute atomic E-state index is 0.0329. The number of para-hydroxylation sites is 1. The van der Waals surface area contributed by atoms with Crippen molar-refractivity contribution in [3.63, 3.8) is 0 Å². The predicted molar refractivity (Wildman–Crippen MR) is 125 cm³/mol. The Kier molecular flexibility index (Phi) is 8.25. The van der Waals surface area contributed by atoms with E-state index in [1.807, 2.05) is 13.8 Å². The summed E-state index contributed by atoms with van der Waals surface area (Å²) in [6.07, 6.45) is 7.15. The lowest BCUT2D eigenvalue weighted by Gasteiger charge is -2.22. The molecule has 0 unspecified atom stereocenters. The largest absolute Gasteiger partial charge is 0.353 e. The molecule has 1 aromatic carbocycles. The van der Waals surface area contributed by atoms with Crippen molar-refractivity contribution in [1.29, 1.82) is 0 Å². The minimum Gasteiger partial charge on any atom is -0.353 e. The molecule has 1 aromatic heterocycles. The predicted octanol–water partition coefficient (Wildman–Crippen LogP) is 2.31. The first-order chi connectivity index (χ1) is 15.4. The van der Waals surface area contributed by atoms with Gasteiger partial charge in [-0.15, -0.1) is 0 Å². The van der Waals surface area contributed by atoms with Crippen LogP contribution >= 0.6 is 0 Å². The molecular formula is C24H34N4O4. The van der Waals surface area contributed by atoms with Gasteiger partial charge in [0, 0.05) is 25.0 Å². The molecule has 0 saturated heterocycles. The van der Waals surface area contributed by atoms with Crippen LogP contribution in [0.3, 0.4) is 0 Å². The minimum atomic E-state index is -0.501. The highest BCUT2D eigenvalue weighted by atomic mass is 16.2. The van der Waals surface area contributed by atoms with Crippen molar-refractivity contribution in [3.8, 4) is 0 Å². The second-order valence-corrected chi connectivity index (χ2v) is 8.92. The average Bonchev–Trinajstić information content (AvgIpc) is 2.76. The fraction of sp³-hybridized carbons (Fsp3) is 0.583. The lowest BCUT2D eigenvalue weighted by atomic mass is 9.95. The number of benzene rings is 1. The molecule has 8 nitrogen and oxygen atoms in total. The first kappa shape index (κ1) is 23.8. The van der Waals surface area contributed by atoms with Gasteiger partial charge in [-0.05, 0) is 51.7 Å². The number of fused-ring (bicyclic) bond motifs is 1. The third kappa shape index (κ3) is 6.08. The number of unbranched alkanes of at least 4 members (excludes halogenated alkanes) is 1. The number of hydrogen-bond acceptors (Lipinski definition) is 4. The number of aromatic nitrogens is 2. The number of hydrogen-bond donors (Lipinski definition) is 2. The van der Waals surface area contributed by atoms with Crippen LogP contribution in [0.25, 0.3) is 10.9 Å². The Labute approximate surface area is 188 Å². The van der Waals surface area contributed by atoms with Crippen molar-refractivity contribution in [1.82, 2.24) is 19.8 Å². The maximum Gasteiger partial charge on any atom is 0.331 e. The molecule has 8 heteroatoms. The van der Waals surface area contributed by atoms with Gasteiger partial charge in [-0.2, -0.15) is 0 Å². The molecule has 1 aliphatic rings. The van der Waals surface area contributed by atoms with Gasteiger partial charge < -0.3 is 10.6 Å². The SMILES string of the molecule is CC(C)NC(=O)Cn1c(=O)n(CCCCC(=O)NC2CCCCC2)c(=O)c2ccccc21. The monoisotopic (exact) mass is 442 g/mol.